The molecule has 0 aliphatic rings. The number of hydrogen-bond acceptors (Lipinski definition) is 5. The van der Waals surface area contributed by atoms with E-state index in [4.69, 9.17) is 4.42 Å². The number of anilines is 1. The average molecular weight is 246 g/mol. The number of rotatable bonds is 2. The summed E-state index contributed by atoms with van der Waals surface area (Å²) >= 11 is 0. The number of carbonyl (C=O) groups is 1. The monoisotopic (exact) mass is 246 g/mol. The second-order valence-corrected chi connectivity index (χ2v) is 3.84. The number of benzene rings is 1. The molecule has 1 heterocycles. The molecule has 0 unspecified atom stereocenters. The van der Waals surface area contributed by atoms with Crippen LogP contribution in [0.1, 0.15) is 12.5 Å². The van der Waals surface area contributed by atoms with Gasteiger partial charge < -0.3 is 4.42 Å². The van der Waals surface area contributed by atoms with Crippen LogP contribution in [0.5, 0.6) is 0 Å². The molecule has 1 aromatic carbocycles. The van der Waals surface area contributed by atoms with Crippen molar-refractivity contribution in [1.82, 2.24) is 0 Å². The van der Waals surface area contributed by atoms with Crippen molar-refractivity contribution >= 4 is 22.6 Å². The summed E-state index contributed by atoms with van der Waals surface area (Å²) in [5.74, 6) is -0.514. The molecule has 0 fully saturated rings. The van der Waals surface area contributed by atoms with Crippen molar-refractivity contribution in [3.63, 3.8) is 0 Å². The molecule has 0 aliphatic carbocycles. The number of hydrogen-bond donors (Lipinski definition) is 0. The number of carbonyl (C=O) groups excluding carboxylic acids is 1. The van der Waals surface area contributed by atoms with Gasteiger partial charge in [-0.3, -0.25) is 4.79 Å². The highest BCUT2D eigenvalue weighted by Crippen LogP contribution is 2.23. The second kappa shape index (κ2) is 4.40. The largest absolute Gasteiger partial charge is 0.423 e. The van der Waals surface area contributed by atoms with Crippen LogP contribution in [0.25, 0.3) is 11.0 Å². The molecule has 2 rings (SSSR count). The number of nitroso groups, excluding NO2 is 1. The summed E-state index contributed by atoms with van der Waals surface area (Å²) in [6.07, 6.45) is 0. The molecular formula is C12H10N2O4. The molecule has 0 saturated heterocycles. The Hall–Kier alpha value is -2.50. The summed E-state index contributed by atoms with van der Waals surface area (Å²) in [4.78, 5) is 33.0. The molecule has 0 atom stereocenters. The highest BCUT2D eigenvalue weighted by atomic mass is 16.4. The fraction of sp³-hybridized carbons (Fsp3) is 0.167. The second-order valence-electron chi connectivity index (χ2n) is 3.84. The van der Waals surface area contributed by atoms with Gasteiger partial charge in [0.1, 0.15) is 5.58 Å². The van der Waals surface area contributed by atoms with E-state index in [-0.39, 0.29) is 5.69 Å². The Morgan fingerprint density at radius 2 is 2.06 bits per heavy atom. The summed E-state index contributed by atoms with van der Waals surface area (Å²) in [6.45, 7) is 3.00. The first kappa shape index (κ1) is 12.0. The molecule has 18 heavy (non-hydrogen) atoms. The van der Waals surface area contributed by atoms with Gasteiger partial charge in [0.15, 0.2) is 0 Å². The van der Waals surface area contributed by atoms with Crippen LogP contribution < -0.4 is 10.6 Å². The normalized spacial score (nSPS) is 10.3. The lowest BCUT2D eigenvalue weighted by atomic mass is 10.1. The first-order valence-corrected chi connectivity index (χ1v) is 5.21. The minimum Gasteiger partial charge on any atom is -0.423 e. The van der Waals surface area contributed by atoms with Crippen molar-refractivity contribution in [2.45, 2.75) is 13.8 Å². The van der Waals surface area contributed by atoms with E-state index in [9.17, 15) is 14.5 Å². The van der Waals surface area contributed by atoms with E-state index in [1.165, 1.54) is 19.1 Å². The quantitative estimate of drug-likeness (QED) is 0.462. The van der Waals surface area contributed by atoms with Gasteiger partial charge in [0, 0.05) is 24.4 Å². The van der Waals surface area contributed by atoms with Gasteiger partial charge in [0.2, 0.25) is 5.91 Å². The molecule has 0 aliphatic heterocycles. The van der Waals surface area contributed by atoms with Gasteiger partial charge in [0.05, 0.1) is 11.0 Å². The van der Waals surface area contributed by atoms with Gasteiger partial charge in [-0.05, 0) is 24.6 Å². The van der Waals surface area contributed by atoms with E-state index in [2.05, 4.69) is 5.29 Å². The Morgan fingerprint density at radius 3 is 2.67 bits per heavy atom. The lowest BCUT2D eigenvalue weighted by molar-refractivity contribution is -0.116. The SMILES string of the molecule is CC(=O)N(N=O)c1ccc2c(C)cc(=O)oc2c1. The number of nitrogens with zero attached hydrogens (tertiary/aromatic N) is 2. The fourth-order valence-corrected chi connectivity index (χ4v) is 1.73. The maximum Gasteiger partial charge on any atom is 0.336 e. The molecular weight excluding hydrogens is 236 g/mol. The predicted octanol–water partition coefficient (Wildman–Crippen LogP) is 2.14. The molecule has 0 spiro atoms. The zero-order chi connectivity index (χ0) is 13.3. The molecule has 2 aromatic rings. The van der Waals surface area contributed by atoms with Crippen LogP contribution >= 0.6 is 0 Å². The third kappa shape index (κ3) is 2.00. The van der Waals surface area contributed by atoms with Crippen LogP contribution in [0.4, 0.5) is 5.69 Å². The summed E-state index contributed by atoms with van der Waals surface area (Å²) in [5.41, 5.74) is 0.859. The Labute approximate surface area is 102 Å². The topological polar surface area (TPSA) is 80.0 Å². The first-order valence-electron chi connectivity index (χ1n) is 5.21. The lowest BCUT2D eigenvalue weighted by Crippen LogP contribution is -2.21. The first-order chi connectivity index (χ1) is 8.52. The standard InChI is InChI=1S/C12H10N2O4/c1-7-5-12(16)18-11-6-9(3-4-10(7)11)14(13-17)8(2)15/h3-6H,1-2H3. The van der Waals surface area contributed by atoms with Gasteiger partial charge in [-0.1, -0.05) is 0 Å². The lowest BCUT2D eigenvalue weighted by Gasteiger charge is -2.11. The zero-order valence-electron chi connectivity index (χ0n) is 9.84. The summed E-state index contributed by atoms with van der Waals surface area (Å²) in [6, 6.07) is 6.05. The molecule has 6 heteroatoms. The van der Waals surface area contributed by atoms with Crippen molar-refractivity contribution in [2.24, 2.45) is 5.29 Å². The Morgan fingerprint density at radius 1 is 1.33 bits per heavy atom. The molecule has 0 bridgehead atoms. The minimum absolute atomic E-state index is 0.263. The minimum atomic E-state index is -0.514. The summed E-state index contributed by atoms with van der Waals surface area (Å²) < 4.78 is 5.02. The highest BCUT2D eigenvalue weighted by molar-refractivity contribution is 5.93. The maximum absolute atomic E-state index is 11.3. The van der Waals surface area contributed by atoms with Crippen LogP contribution in [0.3, 0.4) is 0 Å². The fourth-order valence-electron chi connectivity index (χ4n) is 1.73. The van der Waals surface area contributed by atoms with E-state index >= 15 is 0 Å². The van der Waals surface area contributed by atoms with Crippen LogP contribution in [0.15, 0.2) is 38.8 Å². The van der Waals surface area contributed by atoms with E-state index < -0.39 is 11.5 Å². The molecule has 92 valence electrons. The summed E-state index contributed by atoms with van der Waals surface area (Å²) in [7, 11) is 0. The molecule has 0 saturated carbocycles. The van der Waals surface area contributed by atoms with E-state index in [1.54, 1.807) is 19.1 Å². The van der Waals surface area contributed by atoms with Gasteiger partial charge in [0.25, 0.3) is 0 Å². The van der Waals surface area contributed by atoms with Crippen molar-refractivity contribution in [2.75, 3.05) is 5.01 Å². The average Bonchev–Trinajstić information content (AvgIpc) is 2.28. The van der Waals surface area contributed by atoms with Gasteiger partial charge >= 0.3 is 5.63 Å². The van der Waals surface area contributed by atoms with E-state index in [1.807, 2.05) is 0 Å². The van der Waals surface area contributed by atoms with E-state index in [0.717, 1.165) is 10.9 Å². The number of amides is 1. The van der Waals surface area contributed by atoms with Crippen LogP contribution in [-0.2, 0) is 4.79 Å². The third-order valence-corrected chi connectivity index (χ3v) is 2.56. The maximum atomic E-state index is 11.3. The van der Waals surface area contributed by atoms with Crippen LogP contribution in [0, 0.1) is 11.8 Å². The number of fused-ring (bicyclic) bond motifs is 1. The van der Waals surface area contributed by atoms with Crippen LogP contribution in [-0.4, -0.2) is 5.91 Å². The molecule has 6 nitrogen and oxygen atoms in total. The van der Waals surface area contributed by atoms with Crippen LogP contribution in [0.2, 0.25) is 0 Å². The molecule has 0 radical (unpaired) electrons. The molecule has 1 amide bonds. The van der Waals surface area contributed by atoms with Gasteiger partial charge in [-0.25, -0.2) is 4.79 Å². The smallest absolute Gasteiger partial charge is 0.336 e. The predicted molar refractivity (Wildman–Crippen MR) is 66.2 cm³/mol. The molecule has 1 aromatic heterocycles. The third-order valence-electron chi connectivity index (χ3n) is 2.56. The Bertz CT molecular complexity index is 690. The van der Waals surface area contributed by atoms with Gasteiger partial charge in [-0.2, -0.15) is 5.01 Å². The number of aryl methyl sites for hydroxylation is 1. The zero-order valence-corrected chi connectivity index (χ0v) is 9.84. The molecule has 0 N–H and O–H groups in total. The van der Waals surface area contributed by atoms with Crippen molar-refractivity contribution in [3.05, 3.63) is 45.2 Å². The van der Waals surface area contributed by atoms with Crippen molar-refractivity contribution in [3.8, 4) is 0 Å². The van der Waals surface area contributed by atoms with Gasteiger partial charge in [-0.15, -0.1) is 4.91 Å². The summed E-state index contributed by atoms with van der Waals surface area (Å²) in [5, 5.41) is 4.06. The van der Waals surface area contributed by atoms with Crippen molar-refractivity contribution in [1.29, 1.82) is 0 Å². The highest BCUT2D eigenvalue weighted by Gasteiger charge is 2.13. The Balaban J connectivity index is 2.67. The van der Waals surface area contributed by atoms with E-state index in [0.29, 0.717) is 10.6 Å². The van der Waals surface area contributed by atoms with Crippen molar-refractivity contribution < 1.29 is 9.21 Å². The Kier molecular flexibility index (Phi) is 2.93.